The summed E-state index contributed by atoms with van der Waals surface area (Å²) >= 11 is 0. The Hall–Kier alpha value is -5.83. The van der Waals surface area contributed by atoms with Gasteiger partial charge in [0.15, 0.2) is 23.6 Å². The average molecular weight is 1370 g/mol. The Balaban J connectivity index is 0.000000193. The topological polar surface area (TPSA) is 341 Å². The van der Waals surface area contributed by atoms with Gasteiger partial charge in [-0.3, -0.25) is 9.59 Å². The number of carbonyl (C=O) groups excluding carboxylic acids is 3. The van der Waals surface area contributed by atoms with Crippen LogP contribution in [0.3, 0.4) is 0 Å². The highest BCUT2D eigenvalue weighted by molar-refractivity contribution is 8.77. The van der Waals surface area contributed by atoms with E-state index < -0.39 is 73.5 Å². The smallest absolute Gasteiger partial charge is 0.350 e. The third-order valence-corrected chi connectivity index (χ3v) is 24.9. The molecule has 0 aliphatic carbocycles. The van der Waals surface area contributed by atoms with Crippen LogP contribution in [-0.4, -0.2) is 148 Å². The van der Waals surface area contributed by atoms with Gasteiger partial charge in [0.2, 0.25) is 11.5 Å². The normalized spacial score (nSPS) is 25.9. The summed E-state index contributed by atoms with van der Waals surface area (Å²) in [7, 11) is 9.16. The Morgan fingerprint density at radius 2 is 1.09 bits per heavy atom. The van der Waals surface area contributed by atoms with Gasteiger partial charge in [-0.2, -0.15) is 0 Å². The average Bonchev–Trinajstić information content (AvgIpc) is 1.49. The van der Waals surface area contributed by atoms with Crippen LogP contribution in [0, 0.1) is 116 Å². The first-order chi connectivity index (χ1) is 41.7. The van der Waals surface area contributed by atoms with Crippen molar-refractivity contribution >= 4 is 82.4 Å². The number of hydrogen-bond donors (Lipinski definition) is 2. The number of phenols is 2. The zero-order valence-electron chi connectivity index (χ0n) is 51.7. The number of aromatic hydroxyl groups is 2. The molecule has 26 nitrogen and oxygen atoms in total. The number of hydrogen-bond acceptors (Lipinski definition) is 27. The summed E-state index contributed by atoms with van der Waals surface area (Å²) in [6, 6.07) is -0.377. The minimum Gasteiger partial charge on any atom is -0.507 e. The van der Waals surface area contributed by atoms with Crippen LogP contribution in [-0.2, 0) is 57.7 Å². The first-order valence-electron chi connectivity index (χ1n) is 28.5. The molecule has 0 saturated carbocycles. The molecule has 7 aliphatic heterocycles. The first kappa shape index (κ1) is 73.2. The highest BCUT2D eigenvalue weighted by atomic mass is 33.1. The first-order valence-corrected chi connectivity index (χ1v) is 36.0. The molecule has 3 aromatic rings. The van der Waals surface area contributed by atoms with E-state index in [0.717, 1.165) is 85.5 Å². The standard InChI is InChI=1S/C19H25NO6S2.C14H17NO5S2.C13H17NO5.C11H16N2O5S2.CH4/c1-10-11(2)13(4)17-14(12(10)3)6-7-19(5,25-17)18(21)24-15-8-27-28-9-16(15)26-20(22)23;1-7-8(2)13-10(9(3)12(7)16)4-14(19-13)6-22-21-5-11(14)20-15(17)18;1-7-8(2)12-10(9(3)11(7)15)5-13(4,19-12)6-18-14(16)17;1-7(14)9-3-2-4-12(9)11(15)8-5-19-20-6-10(8)18-13(16)17;/h15-16H,6-9H2,1-5H3;11,16H,4-6H2,1-3H3;15H,5-6H2,1-4H3;8-10H,2-6H2,1H3;1H4. The van der Waals surface area contributed by atoms with Crippen molar-refractivity contribution in [1.29, 1.82) is 0 Å². The number of ketones is 1. The highest BCUT2D eigenvalue weighted by Crippen LogP contribution is 2.52. The van der Waals surface area contributed by atoms with Crippen LogP contribution < -0.4 is 14.2 Å². The van der Waals surface area contributed by atoms with Gasteiger partial charge in [0.1, 0.15) is 53.2 Å². The fourth-order valence-electron chi connectivity index (χ4n) is 11.7. The lowest BCUT2D eigenvalue weighted by molar-refractivity contribution is -0.770. The van der Waals surface area contributed by atoms with Crippen molar-refractivity contribution in [3.8, 4) is 28.7 Å². The summed E-state index contributed by atoms with van der Waals surface area (Å²) in [6.07, 6.45) is 0.926. The molecule has 4 fully saturated rings. The van der Waals surface area contributed by atoms with Crippen molar-refractivity contribution in [3.63, 3.8) is 0 Å². The number of amides is 1. The number of ether oxygens (including phenoxy) is 4. The number of fused-ring (bicyclic) bond motifs is 3. The van der Waals surface area contributed by atoms with Crippen molar-refractivity contribution in [2.45, 2.75) is 183 Å². The summed E-state index contributed by atoms with van der Waals surface area (Å²) in [6.45, 7) is 24.8. The van der Waals surface area contributed by atoms with Gasteiger partial charge < -0.3 is 53.4 Å². The van der Waals surface area contributed by atoms with E-state index in [1.165, 1.54) is 61.2 Å². The lowest BCUT2D eigenvalue weighted by Gasteiger charge is -2.38. The van der Waals surface area contributed by atoms with Gasteiger partial charge in [0.05, 0.1) is 12.0 Å². The summed E-state index contributed by atoms with van der Waals surface area (Å²) in [5.41, 5.74) is 9.87. The molecule has 9 unspecified atom stereocenters. The molecular formula is C58H79N5O21S6. The molecule has 1 amide bonds. The molecule has 9 atom stereocenters. The number of esters is 1. The molecule has 90 heavy (non-hydrogen) atoms. The predicted molar refractivity (Wildman–Crippen MR) is 346 cm³/mol. The van der Waals surface area contributed by atoms with Crippen molar-refractivity contribution in [2.24, 2.45) is 5.92 Å². The Kier molecular flexibility index (Phi) is 24.6. The van der Waals surface area contributed by atoms with Gasteiger partial charge in [-0.15, -0.1) is 40.5 Å². The number of nitrogens with zero attached hydrogens (tertiary/aromatic N) is 5. The lowest BCUT2D eigenvalue weighted by Crippen LogP contribution is -2.54. The Morgan fingerprint density at radius 3 is 1.67 bits per heavy atom. The van der Waals surface area contributed by atoms with Gasteiger partial charge in [-0.1, -0.05) is 72.2 Å². The Morgan fingerprint density at radius 1 is 0.589 bits per heavy atom. The Bertz CT molecular complexity index is 3190. The molecule has 7 aliphatic rings. The van der Waals surface area contributed by atoms with Crippen LogP contribution >= 0.6 is 64.8 Å². The maximum Gasteiger partial charge on any atom is 0.350 e. The molecule has 0 aromatic heterocycles. The van der Waals surface area contributed by atoms with Crippen LogP contribution in [0.4, 0.5) is 0 Å². The van der Waals surface area contributed by atoms with Crippen molar-refractivity contribution in [2.75, 3.05) is 47.7 Å². The molecule has 4 saturated heterocycles. The number of benzene rings is 3. The van der Waals surface area contributed by atoms with Crippen LogP contribution in [0.15, 0.2) is 0 Å². The van der Waals surface area contributed by atoms with Gasteiger partial charge in [-0.05, 0) is 170 Å². The van der Waals surface area contributed by atoms with E-state index in [9.17, 15) is 65.1 Å². The second kappa shape index (κ2) is 30.3. The second-order valence-corrected chi connectivity index (χ2v) is 31.0. The van der Waals surface area contributed by atoms with E-state index >= 15 is 0 Å². The minimum absolute atomic E-state index is 0. The van der Waals surface area contributed by atoms with Gasteiger partial charge in [-0.25, -0.2) is 4.79 Å². The largest absolute Gasteiger partial charge is 0.507 e. The Labute approximate surface area is 545 Å². The molecule has 498 valence electrons. The fraction of sp³-hybridized carbons (Fsp3) is 0.638. The van der Waals surface area contributed by atoms with Crippen molar-refractivity contribution in [3.05, 3.63) is 113 Å². The number of likely N-dealkylation sites (tertiary alicyclic amines) is 1. The van der Waals surface area contributed by atoms with E-state index in [0.29, 0.717) is 72.5 Å². The third kappa shape index (κ3) is 16.1. The highest BCUT2D eigenvalue weighted by Gasteiger charge is 2.52. The summed E-state index contributed by atoms with van der Waals surface area (Å²) < 4.78 is 24.0. The minimum atomic E-state index is -1.12. The molecular weight excluding hydrogens is 1300 g/mol. The van der Waals surface area contributed by atoms with Crippen LogP contribution in [0.2, 0.25) is 0 Å². The summed E-state index contributed by atoms with van der Waals surface area (Å²) in [5, 5.41) is 59.4. The third-order valence-electron chi connectivity index (χ3n) is 17.6. The van der Waals surface area contributed by atoms with Crippen molar-refractivity contribution < 1.29 is 83.2 Å². The van der Waals surface area contributed by atoms with Crippen molar-refractivity contribution in [1.82, 2.24) is 4.90 Å². The predicted octanol–water partition coefficient (Wildman–Crippen LogP) is 10.9. The molecule has 2 N–H and O–H groups in total. The lowest BCUT2D eigenvalue weighted by atomic mass is 9.85. The molecule has 1 spiro atoms. The summed E-state index contributed by atoms with van der Waals surface area (Å²) in [5.74, 6) is 4.32. The van der Waals surface area contributed by atoms with E-state index in [1.54, 1.807) is 40.3 Å². The monoisotopic (exact) mass is 1370 g/mol. The van der Waals surface area contributed by atoms with Gasteiger partial charge in [0, 0.05) is 71.5 Å². The van der Waals surface area contributed by atoms with Crippen LogP contribution in [0.1, 0.15) is 120 Å². The molecule has 7 heterocycles. The second-order valence-electron chi connectivity index (χ2n) is 23.4. The van der Waals surface area contributed by atoms with E-state index in [-0.39, 0.29) is 43.3 Å². The zero-order chi connectivity index (χ0) is 65.8. The quantitative estimate of drug-likeness (QED) is 0.0695. The maximum absolute atomic E-state index is 13.0. The maximum atomic E-state index is 13.0. The summed E-state index contributed by atoms with van der Waals surface area (Å²) in [4.78, 5) is 99.7. The molecule has 0 radical (unpaired) electrons. The van der Waals surface area contributed by atoms with Gasteiger partial charge >= 0.3 is 5.97 Å². The number of rotatable bonds is 13. The van der Waals surface area contributed by atoms with Crippen LogP contribution in [0.5, 0.6) is 28.7 Å². The van der Waals surface area contributed by atoms with E-state index in [2.05, 4.69) is 30.4 Å². The van der Waals surface area contributed by atoms with Crippen LogP contribution in [0.25, 0.3) is 0 Å². The number of carbonyl (C=O) groups is 3. The molecule has 3 aromatic carbocycles. The number of phenolic OH excluding ortho intramolecular Hbond substituents is 2. The fourth-order valence-corrected chi connectivity index (χ4v) is 19.3. The van der Waals surface area contributed by atoms with Gasteiger partial charge in [0.25, 0.3) is 20.3 Å². The molecule has 10 rings (SSSR count). The molecule has 32 heteroatoms. The SMILES string of the molecule is C.CC(=O)C1CCCN1C(=O)C1CSSCC1O[N+](=O)[O-].Cc1c(C)c(C)c2c(c1C)CCC(C)(C(=O)OC1CSSCC1O[N+](=O)[O-])O2.Cc1c(C)c2c(c(C)c1O)CC(C)(CO[N+](=O)[O-])O2.Cc1c(C)c2c(c(C)c1O)CC1(CSSCC1O[N+](=O)[O-])O2. The zero-order valence-corrected chi connectivity index (χ0v) is 56.6. The molecule has 0 bridgehead atoms. The van der Waals surface area contributed by atoms with E-state index in [1.807, 2.05) is 48.5 Å². The van der Waals surface area contributed by atoms with E-state index in [4.69, 9.17) is 28.6 Å². The number of Topliss-reactive ketones (excluding diaryl/α,β-unsaturated/α-hetero) is 1.